The third kappa shape index (κ3) is 4.46. The molecule has 1 aliphatic heterocycles. The molecule has 0 radical (unpaired) electrons. The van der Waals surface area contributed by atoms with Crippen LogP contribution in [0.25, 0.3) is 6.08 Å². The van der Waals surface area contributed by atoms with E-state index in [0.29, 0.717) is 11.2 Å². The number of carboxylic acid groups (broad SMARTS) is 1. The Labute approximate surface area is 147 Å². The molecule has 8 heteroatoms. The summed E-state index contributed by atoms with van der Waals surface area (Å²) in [7, 11) is -0.660. The van der Waals surface area contributed by atoms with Crippen molar-refractivity contribution in [1.82, 2.24) is 10.3 Å². The summed E-state index contributed by atoms with van der Waals surface area (Å²) in [5.74, 6) is -1.29. The number of nitrogens with zero attached hydrogens (tertiary/aromatic N) is 1. The van der Waals surface area contributed by atoms with Crippen molar-refractivity contribution in [3.63, 3.8) is 0 Å². The zero-order valence-corrected chi connectivity index (χ0v) is 15.1. The molecule has 0 aliphatic carbocycles. The van der Waals surface area contributed by atoms with Crippen LogP contribution < -0.4 is 5.32 Å². The minimum Gasteiger partial charge on any atom is -0.477 e. The number of pyridine rings is 1. The first kappa shape index (κ1) is 19.1. The summed E-state index contributed by atoms with van der Waals surface area (Å²) >= 11 is 0. The van der Waals surface area contributed by atoms with Gasteiger partial charge in [0.05, 0.1) is 16.9 Å². The van der Waals surface area contributed by atoms with Gasteiger partial charge in [0.15, 0.2) is 0 Å². The fourth-order valence-electron chi connectivity index (χ4n) is 2.26. The van der Waals surface area contributed by atoms with Crippen molar-refractivity contribution < 1.29 is 24.0 Å². The third-order valence-electron chi connectivity index (χ3n) is 4.42. The smallest absolute Gasteiger partial charge is 0.477 e. The minimum absolute atomic E-state index is 0.0541. The molecule has 2 heterocycles. The van der Waals surface area contributed by atoms with Gasteiger partial charge in [0.25, 0.3) is 0 Å². The van der Waals surface area contributed by atoms with Gasteiger partial charge in [-0.05, 0) is 51.4 Å². The van der Waals surface area contributed by atoms with Gasteiger partial charge < -0.3 is 19.7 Å². The van der Waals surface area contributed by atoms with Gasteiger partial charge in [0.1, 0.15) is 5.69 Å². The quantitative estimate of drug-likeness (QED) is 0.791. The van der Waals surface area contributed by atoms with E-state index < -0.39 is 24.3 Å². The number of carboxylic acids is 1. The molecule has 2 rings (SSSR count). The lowest BCUT2D eigenvalue weighted by Gasteiger charge is -2.32. The molecule has 25 heavy (non-hydrogen) atoms. The number of carbonyl (C=O) groups excluding carboxylic acids is 1. The second kappa shape index (κ2) is 6.97. The van der Waals surface area contributed by atoms with Crippen molar-refractivity contribution >= 4 is 25.1 Å². The van der Waals surface area contributed by atoms with Crippen LogP contribution >= 0.6 is 0 Å². The fourth-order valence-corrected chi connectivity index (χ4v) is 2.26. The molecule has 1 fully saturated rings. The van der Waals surface area contributed by atoms with Crippen LogP contribution in [0.2, 0.25) is 0 Å². The summed E-state index contributed by atoms with van der Waals surface area (Å²) < 4.78 is 12.0. The molecule has 1 saturated heterocycles. The summed E-state index contributed by atoms with van der Waals surface area (Å²) in [5, 5.41) is 11.8. The highest BCUT2D eigenvalue weighted by Gasteiger charge is 2.52. The Morgan fingerprint density at radius 3 is 2.36 bits per heavy atom. The van der Waals surface area contributed by atoms with Crippen LogP contribution in [0.5, 0.6) is 0 Å². The molecular weight excluding hydrogens is 323 g/mol. The lowest BCUT2D eigenvalue weighted by molar-refractivity contribution is -0.118. The summed E-state index contributed by atoms with van der Waals surface area (Å²) in [6, 6.07) is 4.72. The number of carbonyl (C=O) groups is 2. The highest BCUT2D eigenvalue weighted by molar-refractivity contribution is 6.56. The van der Waals surface area contributed by atoms with Gasteiger partial charge in [0, 0.05) is 13.5 Å². The number of hydrogen-bond acceptors (Lipinski definition) is 5. The first-order valence-electron chi connectivity index (χ1n) is 8.03. The molecule has 1 aromatic heterocycles. The van der Waals surface area contributed by atoms with Gasteiger partial charge in [-0.15, -0.1) is 0 Å². The van der Waals surface area contributed by atoms with Crippen LogP contribution in [-0.4, -0.2) is 46.8 Å². The SMILES string of the molecule is CC(=O)NCC(=Cc1cccc(C(=O)O)n1)B1OC(C)(C)C(C)(C)O1. The standard InChI is InChI=1S/C17H23BN2O5/c1-11(21)19-10-12(18-24-16(2,3)17(4,5)25-18)9-13-7-6-8-14(20-13)15(22)23/h6-9H,10H2,1-5H3,(H,19,21)(H,22,23). The van der Waals surface area contributed by atoms with Crippen LogP contribution in [0.4, 0.5) is 0 Å². The molecule has 134 valence electrons. The van der Waals surface area contributed by atoms with Crippen LogP contribution in [0.15, 0.2) is 23.7 Å². The molecular formula is C17H23BN2O5. The summed E-state index contributed by atoms with van der Waals surface area (Å²) in [5.41, 5.74) is 0.00696. The molecule has 0 aromatic carbocycles. The van der Waals surface area contributed by atoms with Crippen molar-refractivity contribution in [2.24, 2.45) is 0 Å². The summed E-state index contributed by atoms with van der Waals surface area (Å²) in [6.07, 6.45) is 1.69. The summed E-state index contributed by atoms with van der Waals surface area (Å²) in [6.45, 7) is 9.38. The highest BCUT2D eigenvalue weighted by Crippen LogP contribution is 2.38. The molecule has 1 aliphatic rings. The number of aromatic nitrogens is 1. The Balaban J connectivity index is 2.35. The maximum absolute atomic E-state index is 11.3. The first-order valence-corrected chi connectivity index (χ1v) is 8.03. The second-order valence-electron chi connectivity index (χ2n) is 6.97. The molecule has 0 bridgehead atoms. The monoisotopic (exact) mass is 346 g/mol. The van der Waals surface area contributed by atoms with Crippen LogP contribution in [-0.2, 0) is 14.1 Å². The zero-order valence-electron chi connectivity index (χ0n) is 15.1. The molecule has 1 aromatic rings. The van der Waals surface area contributed by atoms with E-state index in [4.69, 9.17) is 14.4 Å². The number of amides is 1. The summed E-state index contributed by atoms with van der Waals surface area (Å²) in [4.78, 5) is 26.5. The maximum Gasteiger partial charge on any atom is 0.492 e. The average molecular weight is 346 g/mol. The zero-order chi connectivity index (χ0) is 18.8. The number of hydrogen-bond donors (Lipinski definition) is 2. The van der Waals surface area contributed by atoms with Crippen molar-refractivity contribution in [2.75, 3.05) is 6.54 Å². The lowest BCUT2D eigenvalue weighted by atomic mass is 9.77. The van der Waals surface area contributed by atoms with Crippen molar-refractivity contribution in [3.8, 4) is 0 Å². The topological polar surface area (TPSA) is 97.8 Å². The van der Waals surface area contributed by atoms with E-state index in [2.05, 4.69) is 10.3 Å². The Morgan fingerprint density at radius 1 is 1.24 bits per heavy atom. The number of aromatic carboxylic acids is 1. The molecule has 7 nitrogen and oxygen atoms in total. The minimum atomic E-state index is -1.10. The van der Waals surface area contributed by atoms with E-state index in [9.17, 15) is 9.59 Å². The Morgan fingerprint density at radius 2 is 1.84 bits per heavy atom. The van der Waals surface area contributed by atoms with E-state index >= 15 is 0 Å². The van der Waals surface area contributed by atoms with Crippen molar-refractivity contribution in [2.45, 2.75) is 45.8 Å². The largest absolute Gasteiger partial charge is 0.492 e. The maximum atomic E-state index is 11.3. The molecule has 0 unspecified atom stereocenters. The van der Waals surface area contributed by atoms with E-state index in [1.165, 1.54) is 13.0 Å². The average Bonchev–Trinajstić information content (AvgIpc) is 2.71. The van der Waals surface area contributed by atoms with Gasteiger partial charge in [-0.1, -0.05) is 6.07 Å². The molecule has 2 N–H and O–H groups in total. The van der Waals surface area contributed by atoms with Gasteiger partial charge in [-0.2, -0.15) is 0 Å². The van der Waals surface area contributed by atoms with Crippen molar-refractivity contribution in [1.29, 1.82) is 0 Å². The number of nitrogens with one attached hydrogen (secondary N) is 1. The van der Waals surface area contributed by atoms with Crippen LogP contribution in [0.1, 0.15) is 50.8 Å². The van der Waals surface area contributed by atoms with E-state index in [0.717, 1.165) is 0 Å². The van der Waals surface area contributed by atoms with Gasteiger partial charge in [-0.3, -0.25) is 4.79 Å². The fraction of sp³-hybridized carbons (Fsp3) is 0.471. The van der Waals surface area contributed by atoms with E-state index in [1.54, 1.807) is 18.2 Å². The molecule has 0 atom stereocenters. The van der Waals surface area contributed by atoms with Gasteiger partial charge in [0.2, 0.25) is 5.91 Å². The Bertz CT molecular complexity index is 699. The molecule has 1 amide bonds. The van der Waals surface area contributed by atoms with Crippen LogP contribution in [0.3, 0.4) is 0 Å². The second-order valence-corrected chi connectivity index (χ2v) is 6.97. The van der Waals surface area contributed by atoms with Crippen LogP contribution in [0, 0.1) is 0 Å². The van der Waals surface area contributed by atoms with E-state index in [-0.39, 0.29) is 18.1 Å². The lowest BCUT2D eigenvalue weighted by Crippen LogP contribution is -2.41. The Kier molecular flexibility index (Phi) is 5.34. The predicted molar refractivity (Wildman–Crippen MR) is 93.9 cm³/mol. The number of rotatable bonds is 5. The van der Waals surface area contributed by atoms with Gasteiger partial charge in [-0.25, -0.2) is 9.78 Å². The normalized spacial score (nSPS) is 18.9. The van der Waals surface area contributed by atoms with E-state index in [1.807, 2.05) is 27.7 Å². The third-order valence-corrected chi connectivity index (χ3v) is 4.42. The molecule has 0 spiro atoms. The first-order chi connectivity index (χ1) is 11.5. The predicted octanol–water partition coefficient (Wildman–Crippen LogP) is 1.93. The van der Waals surface area contributed by atoms with Gasteiger partial charge >= 0.3 is 13.1 Å². The highest BCUT2D eigenvalue weighted by atomic mass is 16.7. The van der Waals surface area contributed by atoms with Crippen molar-refractivity contribution in [3.05, 3.63) is 35.1 Å². The molecule has 0 saturated carbocycles. The Hall–Kier alpha value is -2.19.